The molecule has 1 aliphatic rings. The largest absolute Gasteiger partial charge is 0.339 e. The highest BCUT2D eigenvalue weighted by Crippen LogP contribution is 2.15. The molecule has 0 aromatic heterocycles. The Labute approximate surface area is 126 Å². The fourth-order valence-electron chi connectivity index (χ4n) is 2.79. The molecular formula is C17H24N2O2. The van der Waals surface area contributed by atoms with Gasteiger partial charge in [0, 0.05) is 37.7 Å². The molecule has 114 valence electrons. The van der Waals surface area contributed by atoms with E-state index in [1.54, 1.807) is 0 Å². The highest BCUT2D eigenvalue weighted by molar-refractivity contribution is 5.94. The van der Waals surface area contributed by atoms with Crippen molar-refractivity contribution in [1.82, 2.24) is 9.80 Å². The van der Waals surface area contributed by atoms with Crippen LogP contribution in [0.2, 0.25) is 0 Å². The highest BCUT2D eigenvalue weighted by atomic mass is 16.2. The molecule has 1 aromatic rings. The molecule has 1 fully saturated rings. The maximum absolute atomic E-state index is 12.3. The zero-order chi connectivity index (χ0) is 15.2. The van der Waals surface area contributed by atoms with Crippen molar-refractivity contribution in [3.8, 4) is 0 Å². The maximum atomic E-state index is 12.3. The zero-order valence-electron chi connectivity index (χ0n) is 12.9. The lowest BCUT2D eigenvalue weighted by atomic mass is 10.0. The van der Waals surface area contributed by atoms with E-state index >= 15 is 0 Å². The molecule has 0 saturated carbocycles. The molecular weight excluding hydrogens is 264 g/mol. The third-order valence-electron chi connectivity index (χ3n) is 4.23. The number of carbonyl (C=O) groups excluding carboxylic acids is 2. The molecule has 1 aromatic carbocycles. The van der Waals surface area contributed by atoms with Crippen LogP contribution in [0.3, 0.4) is 0 Å². The minimum Gasteiger partial charge on any atom is -0.339 e. The van der Waals surface area contributed by atoms with Gasteiger partial charge in [-0.2, -0.15) is 0 Å². The van der Waals surface area contributed by atoms with Gasteiger partial charge >= 0.3 is 0 Å². The summed E-state index contributed by atoms with van der Waals surface area (Å²) in [4.78, 5) is 28.4. The Hall–Kier alpha value is -1.84. The second kappa shape index (κ2) is 7.25. The first-order valence-corrected chi connectivity index (χ1v) is 7.80. The van der Waals surface area contributed by atoms with Crippen molar-refractivity contribution >= 4 is 11.8 Å². The minimum absolute atomic E-state index is 0.0604. The van der Waals surface area contributed by atoms with Gasteiger partial charge in [-0.3, -0.25) is 9.59 Å². The number of benzene rings is 1. The first-order valence-electron chi connectivity index (χ1n) is 7.80. The van der Waals surface area contributed by atoms with E-state index in [1.807, 2.05) is 40.1 Å². The van der Waals surface area contributed by atoms with E-state index in [1.165, 1.54) is 0 Å². The Morgan fingerprint density at radius 3 is 2.00 bits per heavy atom. The van der Waals surface area contributed by atoms with Gasteiger partial charge < -0.3 is 9.80 Å². The Morgan fingerprint density at radius 2 is 1.48 bits per heavy atom. The van der Waals surface area contributed by atoms with Crippen LogP contribution in [0, 0.1) is 5.92 Å². The van der Waals surface area contributed by atoms with Gasteiger partial charge in [-0.15, -0.1) is 0 Å². The summed E-state index contributed by atoms with van der Waals surface area (Å²) in [7, 11) is 0. The molecule has 0 atom stereocenters. The van der Waals surface area contributed by atoms with E-state index in [4.69, 9.17) is 0 Å². The summed E-state index contributed by atoms with van der Waals surface area (Å²) in [6.45, 7) is 6.66. The molecule has 0 unspecified atom stereocenters. The Balaban J connectivity index is 1.91. The monoisotopic (exact) mass is 288 g/mol. The minimum atomic E-state index is 0.0604. The molecule has 4 nitrogen and oxygen atoms in total. The fraction of sp³-hybridized carbons (Fsp3) is 0.529. The summed E-state index contributed by atoms with van der Waals surface area (Å²) >= 11 is 0. The van der Waals surface area contributed by atoms with Gasteiger partial charge in [0.25, 0.3) is 5.91 Å². The van der Waals surface area contributed by atoms with Gasteiger partial charge in [0.05, 0.1) is 0 Å². The quantitative estimate of drug-likeness (QED) is 0.853. The normalized spacial score (nSPS) is 15.4. The molecule has 0 aliphatic carbocycles. The van der Waals surface area contributed by atoms with Gasteiger partial charge in [0.2, 0.25) is 5.91 Å². The number of carbonyl (C=O) groups is 2. The average molecular weight is 288 g/mol. The summed E-state index contributed by atoms with van der Waals surface area (Å²) in [5, 5.41) is 0. The lowest BCUT2D eigenvalue weighted by Crippen LogP contribution is -2.51. The van der Waals surface area contributed by atoms with Crippen molar-refractivity contribution < 1.29 is 9.59 Å². The summed E-state index contributed by atoms with van der Waals surface area (Å²) in [5.74, 6) is 0.429. The molecule has 1 heterocycles. The first-order chi connectivity index (χ1) is 10.2. The third-order valence-corrected chi connectivity index (χ3v) is 4.23. The Kier molecular flexibility index (Phi) is 5.37. The van der Waals surface area contributed by atoms with Crippen LogP contribution in [0.25, 0.3) is 0 Å². The van der Waals surface area contributed by atoms with Crippen LogP contribution < -0.4 is 0 Å². The van der Waals surface area contributed by atoms with Gasteiger partial charge in [0.15, 0.2) is 0 Å². The standard InChI is InChI=1S/C17H24N2O2/c1-3-14(4-2)16(20)18-10-12-19(13-11-18)17(21)15-8-6-5-7-9-15/h5-9,14H,3-4,10-13H2,1-2H3. The Bertz CT molecular complexity index is 475. The first kappa shape index (κ1) is 15.5. The van der Waals surface area contributed by atoms with Gasteiger partial charge in [-0.1, -0.05) is 32.0 Å². The second-order valence-corrected chi connectivity index (χ2v) is 5.50. The molecule has 1 saturated heterocycles. The van der Waals surface area contributed by atoms with Crippen molar-refractivity contribution in [2.75, 3.05) is 26.2 Å². The van der Waals surface area contributed by atoms with Crippen molar-refractivity contribution in [2.24, 2.45) is 5.92 Å². The van der Waals surface area contributed by atoms with Crippen LogP contribution in [-0.2, 0) is 4.79 Å². The summed E-state index contributed by atoms with van der Waals surface area (Å²) in [6.07, 6.45) is 1.77. The smallest absolute Gasteiger partial charge is 0.253 e. The highest BCUT2D eigenvalue weighted by Gasteiger charge is 2.27. The Morgan fingerprint density at radius 1 is 0.952 bits per heavy atom. The SMILES string of the molecule is CCC(CC)C(=O)N1CCN(C(=O)c2ccccc2)CC1. The van der Waals surface area contributed by atoms with E-state index < -0.39 is 0 Å². The number of hydrogen-bond acceptors (Lipinski definition) is 2. The molecule has 4 heteroatoms. The van der Waals surface area contributed by atoms with Crippen LogP contribution in [-0.4, -0.2) is 47.8 Å². The lowest BCUT2D eigenvalue weighted by molar-refractivity contribution is -0.137. The van der Waals surface area contributed by atoms with E-state index in [2.05, 4.69) is 13.8 Å². The predicted molar refractivity (Wildman–Crippen MR) is 83.0 cm³/mol. The maximum Gasteiger partial charge on any atom is 0.253 e. The van der Waals surface area contributed by atoms with Crippen molar-refractivity contribution in [1.29, 1.82) is 0 Å². The number of hydrogen-bond donors (Lipinski definition) is 0. The van der Waals surface area contributed by atoms with Crippen molar-refractivity contribution in [2.45, 2.75) is 26.7 Å². The third kappa shape index (κ3) is 3.63. The van der Waals surface area contributed by atoms with Crippen LogP contribution >= 0.6 is 0 Å². The zero-order valence-corrected chi connectivity index (χ0v) is 12.9. The van der Waals surface area contributed by atoms with Crippen LogP contribution in [0.5, 0.6) is 0 Å². The molecule has 21 heavy (non-hydrogen) atoms. The molecule has 2 amide bonds. The number of piperazine rings is 1. The van der Waals surface area contributed by atoms with Gasteiger partial charge in [-0.25, -0.2) is 0 Å². The molecule has 0 spiro atoms. The summed E-state index contributed by atoms with van der Waals surface area (Å²) < 4.78 is 0. The summed E-state index contributed by atoms with van der Waals surface area (Å²) in [5.41, 5.74) is 0.720. The van der Waals surface area contributed by atoms with Crippen molar-refractivity contribution in [3.05, 3.63) is 35.9 Å². The van der Waals surface area contributed by atoms with Gasteiger partial charge in [-0.05, 0) is 25.0 Å². The van der Waals surface area contributed by atoms with Crippen LogP contribution in [0.4, 0.5) is 0 Å². The van der Waals surface area contributed by atoms with E-state index in [0.717, 1.165) is 18.4 Å². The fourth-order valence-corrected chi connectivity index (χ4v) is 2.79. The average Bonchev–Trinajstić information content (AvgIpc) is 2.56. The summed E-state index contributed by atoms with van der Waals surface area (Å²) in [6, 6.07) is 9.33. The molecule has 0 radical (unpaired) electrons. The topological polar surface area (TPSA) is 40.6 Å². The number of nitrogens with zero attached hydrogens (tertiary/aromatic N) is 2. The van der Waals surface area contributed by atoms with E-state index in [-0.39, 0.29) is 17.7 Å². The molecule has 1 aliphatic heterocycles. The predicted octanol–water partition coefficient (Wildman–Crippen LogP) is 2.41. The molecule has 2 rings (SSSR count). The van der Waals surface area contributed by atoms with E-state index in [9.17, 15) is 9.59 Å². The number of amides is 2. The number of rotatable bonds is 4. The lowest BCUT2D eigenvalue weighted by Gasteiger charge is -2.36. The van der Waals surface area contributed by atoms with Crippen molar-refractivity contribution in [3.63, 3.8) is 0 Å². The van der Waals surface area contributed by atoms with Crippen LogP contribution in [0.1, 0.15) is 37.0 Å². The second-order valence-electron chi connectivity index (χ2n) is 5.50. The molecule has 0 N–H and O–H groups in total. The van der Waals surface area contributed by atoms with E-state index in [0.29, 0.717) is 26.2 Å². The van der Waals surface area contributed by atoms with Gasteiger partial charge in [0.1, 0.15) is 0 Å². The van der Waals surface area contributed by atoms with Crippen LogP contribution in [0.15, 0.2) is 30.3 Å². The molecule has 0 bridgehead atoms.